The van der Waals surface area contributed by atoms with E-state index in [9.17, 15) is 4.79 Å². The van der Waals surface area contributed by atoms with Gasteiger partial charge in [-0.1, -0.05) is 46.4 Å². The van der Waals surface area contributed by atoms with Crippen LogP contribution in [0.2, 0.25) is 10.0 Å². The third-order valence-electron chi connectivity index (χ3n) is 1.38. The molecule has 0 unspecified atom stereocenters. The highest BCUT2D eigenvalue weighted by molar-refractivity contribution is 6.54. The van der Waals surface area contributed by atoms with Gasteiger partial charge in [0.05, 0.1) is 10.7 Å². The zero-order valence-electron chi connectivity index (χ0n) is 6.73. The van der Waals surface area contributed by atoms with Crippen LogP contribution in [0.1, 0.15) is 0 Å². The van der Waals surface area contributed by atoms with Crippen LogP contribution in [0.3, 0.4) is 0 Å². The minimum Gasteiger partial charge on any atom is -0.322 e. The van der Waals surface area contributed by atoms with E-state index in [-0.39, 0.29) is 0 Å². The summed E-state index contributed by atoms with van der Waals surface area (Å²) in [5.74, 6) is -0.544. The molecule has 1 aromatic rings. The Labute approximate surface area is 101 Å². The van der Waals surface area contributed by atoms with Gasteiger partial charge in [0, 0.05) is 5.02 Å². The number of carbonyl (C=O) groups excluding carboxylic acids is 1. The SMILES string of the molecule is O=C(Nc1cc(Cl)ccc1Cl)C(Cl)Cl. The third kappa shape index (κ3) is 3.21. The van der Waals surface area contributed by atoms with Crippen LogP contribution >= 0.6 is 46.4 Å². The number of amides is 1. The second-order valence-corrected chi connectivity index (χ2v) is 4.35. The van der Waals surface area contributed by atoms with Gasteiger partial charge in [0.15, 0.2) is 4.84 Å². The monoisotopic (exact) mass is 271 g/mol. The lowest BCUT2D eigenvalue weighted by atomic mass is 10.3. The van der Waals surface area contributed by atoms with Crippen LogP contribution < -0.4 is 5.32 Å². The molecule has 1 rings (SSSR count). The molecular weight excluding hydrogens is 268 g/mol. The summed E-state index contributed by atoms with van der Waals surface area (Å²) in [6.45, 7) is 0. The molecule has 0 heterocycles. The highest BCUT2D eigenvalue weighted by Gasteiger charge is 2.13. The number of alkyl halides is 2. The van der Waals surface area contributed by atoms with Gasteiger partial charge in [-0.05, 0) is 18.2 Å². The third-order valence-corrected chi connectivity index (χ3v) is 2.35. The summed E-state index contributed by atoms with van der Waals surface area (Å²) in [5, 5.41) is 3.27. The summed E-state index contributed by atoms with van der Waals surface area (Å²) in [7, 11) is 0. The van der Waals surface area contributed by atoms with Crippen LogP contribution in [0, 0.1) is 0 Å². The van der Waals surface area contributed by atoms with Gasteiger partial charge in [0.25, 0.3) is 5.91 Å². The van der Waals surface area contributed by atoms with Crippen molar-refractivity contribution in [1.29, 1.82) is 0 Å². The second kappa shape index (κ2) is 5.08. The summed E-state index contributed by atoms with van der Waals surface area (Å²) in [6.07, 6.45) is 0. The van der Waals surface area contributed by atoms with Crippen molar-refractivity contribution in [3.63, 3.8) is 0 Å². The normalized spacial score (nSPS) is 10.4. The van der Waals surface area contributed by atoms with Crippen LogP contribution in [0.25, 0.3) is 0 Å². The molecule has 1 N–H and O–H groups in total. The van der Waals surface area contributed by atoms with Crippen molar-refractivity contribution in [2.24, 2.45) is 0 Å². The van der Waals surface area contributed by atoms with Gasteiger partial charge in [-0.2, -0.15) is 0 Å². The molecular formula is C8H5Cl4NO. The predicted molar refractivity (Wildman–Crippen MR) is 60.6 cm³/mol. The van der Waals surface area contributed by atoms with Crippen LogP contribution in [0.4, 0.5) is 5.69 Å². The van der Waals surface area contributed by atoms with E-state index >= 15 is 0 Å². The van der Waals surface area contributed by atoms with E-state index in [2.05, 4.69) is 5.32 Å². The number of nitrogens with one attached hydrogen (secondary N) is 1. The smallest absolute Gasteiger partial charge is 0.257 e. The van der Waals surface area contributed by atoms with Crippen LogP contribution in [0.5, 0.6) is 0 Å². The second-order valence-electron chi connectivity index (χ2n) is 2.41. The Morgan fingerprint density at radius 3 is 2.50 bits per heavy atom. The molecule has 0 atom stereocenters. The van der Waals surface area contributed by atoms with Crippen LogP contribution in [0.15, 0.2) is 18.2 Å². The van der Waals surface area contributed by atoms with Crippen LogP contribution in [-0.4, -0.2) is 10.7 Å². The maximum Gasteiger partial charge on any atom is 0.257 e. The van der Waals surface area contributed by atoms with E-state index in [1.54, 1.807) is 12.1 Å². The fourth-order valence-corrected chi connectivity index (χ4v) is 1.23. The summed E-state index contributed by atoms with van der Waals surface area (Å²) in [5.41, 5.74) is 0.385. The van der Waals surface area contributed by atoms with Gasteiger partial charge in [0.2, 0.25) is 0 Å². The first-order valence-corrected chi connectivity index (χ1v) is 5.17. The minimum absolute atomic E-state index is 0.372. The quantitative estimate of drug-likeness (QED) is 0.817. The molecule has 0 aliphatic rings. The number of rotatable bonds is 2. The summed E-state index contributed by atoms with van der Waals surface area (Å²) in [4.78, 5) is 9.96. The summed E-state index contributed by atoms with van der Waals surface area (Å²) in [6, 6.07) is 4.69. The molecule has 0 bridgehead atoms. The molecule has 0 aromatic heterocycles. The number of benzene rings is 1. The largest absolute Gasteiger partial charge is 0.322 e. The van der Waals surface area contributed by atoms with E-state index in [0.717, 1.165) is 0 Å². The van der Waals surface area contributed by atoms with Crippen molar-refractivity contribution in [3.05, 3.63) is 28.2 Å². The molecule has 14 heavy (non-hydrogen) atoms. The Hall–Kier alpha value is -0.150. The van der Waals surface area contributed by atoms with Crippen molar-refractivity contribution < 1.29 is 4.79 Å². The Morgan fingerprint density at radius 2 is 1.93 bits per heavy atom. The topological polar surface area (TPSA) is 29.1 Å². The molecule has 76 valence electrons. The lowest BCUT2D eigenvalue weighted by molar-refractivity contribution is -0.114. The van der Waals surface area contributed by atoms with Crippen LogP contribution in [-0.2, 0) is 4.79 Å². The van der Waals surface area contributed by atoms with Gasteiger partial charge < -0.3 is 5.32 Å². The van der Waals surface area contributed by atoms with Gasteiger partial charge >= 0.3 is 0 Å². The first-order chi connectivity index (χ1) is 6.50. The maximum atomic E-state index is 11.1. The fourth-order valence-electron chi connectivity index (χ4n) is 0.781. The zero-order valence-corrected chi connectivity index (χ0v) is 9.75. The first kappa shape index (κ1) is 11.9. The fraction of sp³-hybridized carbons (Fsp3) is 0.125. The zero-order chi connectivity index (χ0) is 10.7. The van der Waals surface area contributed by atoms with Crippen molar-refractivity contribution in [1.82, 2.24) is 0 Å². The Morgan fingerprint density at radius 1 is 1.29 bits per heavy atom. The predicted octanol–water partition coefficient (Wildman–Crippen LogP) is 3.74. The molecule has 0 saturated heterocycles. The molecule has 2 nitrogen and oxygen atoms in total. The molecule has 0 saturated carbocycles. The molecule has 1 aromatic carbocycles. The average molecular weight is 273 g/mol. The van der Waals surface area contributed by atoms with E-state index in [4.69, 9.17) is 46.4 Å². The van der Waals surface area contributed by atoms with E-state index < -0.39 is 10.7 Å². The molecule has 1 amide bonds. The lowest BCUT2D eigenvalue weighted by Crippen LogP contribution is -2.18. The molecule has 0 fully saturated rings. The number of anilines is 1. The Balaban J connectivity index is 2.86. The highest BCUT2D eigenvalue weighted by Crippen LogP contribution is 2.25. The molecule has 6 heteroatoms. The average Bonchev–Trinajstić information content (AvgIpc) is 2.11. The van der Waals surface area contributed by atoms with Gasteiger partial charge in [-0.25, -0.2) is 0 Å². The van der Waals surface area contributed by atoms with E-state index in [1.807, 2.05) is 0 Å². The summed E-state index contributed by atoms with van der Waals surface area (Å²) < 4.78 is 0. The van der Waals surface area contributed by atoms with Crippen molar-refractivity contribution >= 4 is 58.0 Å². The van der Waals surface area contributed by atoms with Crippen molar-refractivity contribution in [2.75, 3.05) is 5.32 Å². The summed E-state index contributed by atoms with van der Waals surface area (Å²) >= 11 is 22.2. The minimum atomic E-state index is -1.13. The molecule has 0 aliphatic carbocycles. The Kier molecular flexibility index (Phi) is 4.32. The standard InChI is InChI=1S/C8H5Cl4NO/c9-4-1-2-5(10)6(3-4)13-8(14)7(11)12/h1-3,7H,(H,13,14). The van der Waals surface area contributed by atoms with E-state index in [0.29, 0.717) is 15.7 Å². The number of hydrogen-bond acceptors (Lipinski definition) is 1. The number of carbonyl (C=O) groups is 1. The number of halogens is 4. The van der Waals surface area contributed by atoms with Crippen molar-refractivity contribution in [3.8, 4) is 0 Å². The highest BCUT2D eigenvalue weighted by atomic mass is 35.5. The van der Waals surface area contributed by atoms with Crippen molar-refractivity contribution in [2.45, 2.75) is 4.84 Å². The van der Waals surface area contributed by atoms with Gasteiger partial charge in [-0.15, -0.1) is 0 Å². The first-order valence-electron chi connectivity index (χ1n) is 3.55. The van der Waals surface area contributed by atoms with Gasteiger partial charge in [0.1, 0.15) is 0 Å². The van der Waals surface area contributed by atoms with Gasteiger partial charge in [-0.3, -0.25) is 4.79 Å². The maximum absolute atomic E-state index is 11.1. The molecule has 0 radical (unpaired) electrons. The molecule has 0 aliphatic heterocycles. The Bertz CT molecular complexity index is 353. The molecule has 0 spiro atoms. The van der Waals surface area contributed by atoms with E-state index in [1.165, 1.54) is 6.07 Å². The number of hydrogen-bond donors (Lipinski definition) is 1. The lowest BCUT2D eigenvalue weighted by Gasteiger charge is -2.07.